The Morgan fingerprint density at radius 3 is 2.00 bits per heavy atom. The fraction of sp³-hybridized carbons (Fsp3) is 0.100. The minimum absolute atomic E-state index is 1.33. The number of hydrogen-bond acceptors (Lipinski definition) is 2. The van der Waals surface area contributed by atoms with Gasteiger partial charge in [-0.3, -0.25) is 0 Å². The van der Waals surface area contributed by atoms with Crippen molar-refractivity contribution in [1.82, 2.24) is 0 Å². The van der Waals surface area contributed by atoms with Crippen molar-refractivity contribution in [2.24, 2.45) is 0 Å². The first-order chi connectivity index (χ1) is 10.7. The van der Waals surface area contributed by atoms with Crippen LogP contribution in [0.2, 0.25) is 0 Å². The van der Waals surface area contributed by atoms with E-state index in [0.717, 1.165) is 0 Å². The Hall–Kier alpha value is -1.90. The molecule has 0 spiro atoms. The van der Waals surface area contributed by atoms with E-state index in [1.165, 1.54) is 51.5 Å². The molecule has 0 saturated carbocycles. The molecular formula is C20H14S2. The fourth-order valence-electron chi connectivity index (χ4n) is 3.32. The Morgan fingerprint density at radius 1 is 0.591 bits per heavy atom. The zero-order valence-corrected chi connectivity index (χ0v) is 14.1. The Balaban J connectivity index is 2.08. The van der Waals surface area contributed by atoms with E-state index in [-0.39, 0.29) is 0 Å². The molecule has 0 radical (unpaired) electrons. The van der Waals surface area contributed by atoms with Crippen LogP contribution in [0.5, 0.6) is 0 Å². The highest BCUT2D eigenvalue weighted by Gasteiger charge is 2.13. The molecular weight excluding hydrogens is 304 g/mol. The van der Waals surface area contributed by atoms with Gasteiger partial charge in [0.05, 0.1) is 0 Å². The van der Waals surface area contributed by atoms with E-state index < -0.39 is 0 Å². The van der Waals surface area contributed by atoms with Crippen LogP contribution in [0.1, 0.15) is 11.1 Å². The monoisotopic (exact) mass is 318 g/mol. The van der Waals surface area contributed by atoms with Gasteiger partial charge in [-0.1, -0.05) is 29.3 Å². The van der Waals surface area contributed by atoms with Gasteiger partial charge in [-0.2, -0.15) is 0 Å². The van der Waals surface area contributed by atoms with Gasteiger partial charge in [-0.15, -0.1) is 22.7 Å². The molecule has 0 fully saturated rings. The van der Waals surface area contributed by atoms with Gasteiger partial charge in [0, 0.05) is 40.3 Å². The zero-order valence-electron chi connectivity index (χ0n) is 12.4. The van der Waals surface area contributed by atoms with Gasteiger partial charge in [0.2, 0.25) is 0 Å². The van der Waals surface area contributed by atoms with Crippen LogP contribution in [-0.2, 0) is 0 Å². The number of aryl methyl sites for hydroxylation is 2. The lowest BCUT2D eigenvalue weighted by Gasteiger charge is -1.97. The van der Waals surface area contributed by atoms with E-state index >= 15 is 0 Å². The predicted molar refractivity (Wildman–Crippen MR) is 102 cm³/mol. The summed E-state index contributed by atoms with van der Waals surface area (Å²) in [6.45, 7) is 4.35. The van der Waals surface area contributed by atoms with E-state index in [9.17, 15) is 0 Å². The Morgan fingerprint density at radius 2 is 1.23 bits per heavy atom. The van der Waals surface area contributed by atoms with E-state index in [2.05, 4.69) is 62.4 Å². The van der Waals surface area contributed by atoms with Gasteiger partial charge in [0.15, 0.2) is 0 Å². The van der Waals surface area contributed by atoms with Crippen LogP contribution < -0.4 is 0 Å². The summed E-state index contributed by atoms with van der Waals surface area (Å²) >= 11 is 3.84. The second-order valence-corrected chi connectivity index (χ2v) is 8.15. The summed E-state index contributed by atoms with van der Waals surface area (Å²) in [6.07, 6.45) is 0. The van der Waals surface area contributed by atoms with E-state index in [0.29, 0.717) is 0 Å². The molecule has 3 aromatic carbocycles. The molecule has 0 aliphatic heterocycles. The minimum atomic E-state index is 1.33. The van der Waals surface area contributed by atoms with Gasteiger partial charge >= 0.3 is 0 Å². The van der Waals surface area contributed by atoms with Crippen molar-refractivity contribution in [3.05, 3.63) is 59.7 Å². The standard InChI is InChI=1S/C20H14S2/c1-11-3-6-16-14(9-11)13-5-8-18-19(20(13)22-16)15-10-12(2)4-7-17(15)21-18/h3-10H,1-2H3. The van der Waals surface area contributed by atoms with Crippen LogP contribution in [0.25, 0.3) is 40.3 Å². The Kier molecular flexibility index (Phi) is 2.47. The van der Waals surface area contributed by atoms with Crippen LogP contribution in [-0.4, -0.2) is 0 Å². The predicted octanol–water partition coefficient (Wildman–Crippen LogP) is 7.04. The summed E-state index contributed by atoms with van der Waals surface area (Å²) in [5, 5.41) is 5.65. The molecule has 106 valence electrons. The van der Waals surface area contributed by atoms with Crippen molar-refractivity contribution in [2.75, 3.05) is 0 Å². The summed E-state index contributed by atoms with van der Waals surface area (Å²) in [5.74, 6) is 0. The largest absolute Gasteiger partial charge is 0.135 e. The highest BCUT2D eigenvalue weighted by Crippen LogP contribution is 2.44. The Bertz CT molecular complexity index is 1190. The number of hydrogen-bond donors (Lipinski definition) is 0. The number of benzene rings is 3. The van der Waals surface area contributed by atoms with Crippen molar-refractivity contribution in [3.63, 3.8) is 0 Å². The maximum absolute atomic E-state index is 2.34. The second-order valence-electron chi connectivity index (χ2n) is 6.02. The van der Waals surface area contributed by atoms with Crippen molar-refractivity contribution in [2.45, 2.75) is 13.8 Å². The van der Waals surface area contributed by atoms with Gasteiger partial charge < -0.3 is 0 Å². The van der Waals surface area contributed by atoms with Crippen molar-refractivity contribution in [1.29, 1.82) is 0 Å². The summed E-state index contributed by atoms with van der Waals surface area (Å²) < 4.78 is 5.62. The summed E-state index contributed by atoms with van der Waals surface area (Å²) in [7, 11) is 0. The van der Waals surface area contributed by atoms with Gasteiger partial charge in [-0.05, 0) is 44.2 Å². The lowest BCUT2D eigenvalue weighted by Crippen LogP contribution is -1.72. The van der Waals surface area contributed by atoms with Crippen molar-refractivity contribution >= 4 is 63.0 Å². The smallest absolute Gasteiger partial charge is 0.0448 e. The zero-order chi connectivity index (χ0) is 14.8. The molecule has 5 aromatic rings. The molecule has 0 bridgehead atoms. The van der Waals surface area contributed by atoms with Crippen LogP contribution in [0.4, 0.5) is 0 Å². The van der Waals surface area contributed by atoms with E-state index in [4.69, 9.17) is 0 Å². The van der Waals surface area contributed by atoms with E-state index in [1.807, 2.05) is 22.7 Å². The average molecular weight is 318 g/mol. The second kappa shape index (κ2) is 4.31. The molecule has 2 aromatic heterocycles. The van der Waals surface area contributed by atoms with Crippen molar-refractivity contribution < 1.29 is 0 Å². The molecule has 0 saturated heterocycles. The molecule has 2 heteroatoms. The van der Waals surface area contributed by atoms with Gasteiger partial charge in [0.25, 0.3) is 0 Å². The minimum Gasteiger partial charge on any atom is -0.135 e. The molecule has 0 nitrogen and oxygen atoms in total. The average Bonchev–Trinajstić information content (AvgIpc) is 3.04. The molecule has 2 heterocycles. The van der Waals surface area contributed by atoms with Crippen LogP contribution in [0.3, 0.4) is 0 Å². The number of rotatable bonds is 0. The molecule has 0 aliphatic rings. The SMILES string of the molecule is Cc1ccc2sc3c(ccc4sc5ccc(C)cc5c43)c2c1. The highest BCUT2D eigenvalue weighted by molar-refractivity contribution is 7.29. The fourth-order valence-corrected chi connectivity index (χ4v) is 5.73. The van der Waals surface area contributed by atoms with E-state index in [1.54, 1.807) is 0 Å². The third kappa shape index (κ3) is 1.62. The lowest BCUT2D eigenvalue weighted by atomic mass is 10.1. The molecule has 22 heavy (non-hydrogen) atoms. The third-order valence-electron chi connectivity index (χ3n) is 4.38. The highest BCUT2D eigenvalue weighted by atomic mass is 32.1. The first kappa shape index (κ1) is 12.6. The Labute approximate surface area is 136 Å². The maximum atomic E-state index is 2.34. The third-order valence-corrected chi connectivity index (χ3v) is 6.72. The summed E-state index contributed by atoms with van der Waals surface area (Å²) in [4.78, 5) is 0. The summed E-state index contributed by atoms with van der Waals surface area (Å²) in [5.41, 5.74) is 2.67. The van der Waals surface area contributed by atoms with Gasteiger partial charge in [0.1, 0.15) is 0 Å². The van der Waals surface area contributed by atoms with Crippen LogP contribution in [0.15, 0.2) is 48.5 Å². The quantitative estimate of drug-likeness (QED) is 0.287. The van der Waals surface area contributed by atoms with Crippen LogP contribution >= 0.6 is 22.7 Å². The molecule has 0 atom stereocenters. The van der Waals surface area contributed by atoms with Crippen LogP contribution in [0, 0.1) is 13.8 Å². The number of thiophene rings is 2. The number of fused-ring (bicyclic) bond motifs is 7. The maximum Gasteiger partial charge on any atom is 0.0448 e. The normalized spacial score (nSPS) is 12.1. The summed E-state index contributed by atoms with van der Waals surface area (Å²) in [6, 6.07) is 18.2. The topological polar surface area (TPSA) is 0 Å². The lowest BCUT2D eigenvalue weighted by molar-refractivity contribution is 1.52. The van der Waals surface area contributed by atoms with Crippen molar-refractivity contribution in [3.8, 4) is 0 Å². The first-order valence-electron chi connectivity index (χ1n) is 7.45. The van der Waals surface area contributed by atoms with Gasteiger partial charge in [-0.25, -0.2) is 0 Å². The first-order valence-corrected chi connectivity index (χ1v) is 9.09. The molecule has 0 amide bonds. The molecule has 5 rings (SSSR count). The molecule has 0 N–H and O–H groups in total. The molecule has 0 aliphatic carbocycles. The molecule has 0 unspecified atom stereocenters.